The molecule has 1 atom stereocenters. The standard InChI is InChI=1S/C15H22N2O3/c1-10(18)12-4-3-5-13(8-12)16-15(20)17(2)9-11-6-14(19)7-11/h3-5,8,10-11,14,18-19H,6-7,9H2,1-2H3,(H,16,20). The second-order valence-electron chi connectivity index (χ2n) is 5.60. The summed E-state index contributed by atoms with van der Waals surface area (Å²) in [5.41, 5.74) is 1.45. The van der Waals surface area contributed by atoms with E-state index in [1.165, 1.54) is 0 Å². The molecule has 1 aromatic carbocycles. The van der Waals surface area contributed by atoms with Crippen molar-refractivity contribution in [2.75, 3.05) is 18.9 Å². The lowest BCUT2D eigenvalue weighted by Crippen LogP contribution is -2.41. The Kier molecular flexibility index (Phi) is 4.62. The fourth-order valence-corrected chi connectivity index (χ4v) is 2.41. The minimum absolute atomic E-state index is 0.172. The van der Waals surface area contributed by atoms with Crippen molar-refractivity contribution in [2.45, 2.75) is 32.0 Å². The average molecular weight is 278 g/mol. The molecule has 1 aliphatic carbocycles. The topological polar surface area (TPSA) is 72.8 Å². The number of hydrogen-bond donors (Lipinski definition) is 3. The maximum Gasteiger partial charge on any atom is 0.321 e. The molecular weight excluding hydrogens is 256 g/mol. The third kappa shape index (κ3) is 3.71. The summed E-state index contributed by atoms with van der Waals surface area (Å²) in [6, 6.07) is 7.02. The number of hydrogen-bond acceptors (Lipinski definition) is 3. The monoisotopic (exact) mass is 278 g/mol. The third-order valence-electron chi connectivity index (χ3n) is 3.71. The van der Waals surface area contributed by atoms with Crippen LogP contribution in [0.4, 0.5) is 10.5 Å². The Morgan fingerprint density at radius 2 is 2.20 bits per heavy atom. The van der Waals surface area contributed by atoms with Gasteiger partial charge in [0, 0.05) is 19.3 Å². The molecule has 0 aromatic heterocycles. The smallest absolute Gasteiger partial charge is 0.321 e. The van der Waals surface area contributed by atoms with E-state index in [9.17, 15) is 15.0 Å². The fraction of sp³-hybridized carbons (Fsp3) is 0.533. The zero-order chi connectivity index (χ0) is 14.7. The summed E-state index contributed by atoms with van der Waals surface area (Å²) in [7, 11) is 1.75. The van der Waals surface area contributed by atoms with Crippen molar-refractivity contribution >= 4 is 11.7 Å². The number of nitrogens with one attached hydrogen (secondary N) is 1. The van der Waals surface area contributed by atoms with Gasteiger partial charge in [0.25, 0.3) is 0 Å². The first kappa shape index (κ1) is 14.8. The number of aliphatic hydroxyl groups is 2. The van der Waals surface area contributed by atoms with Crippen molar-refractivity contribution in [2.24, 2.45) is 5.92 Å². The van der Waals surface area contributed by atoms with Gasteiger partial charge in [0.15, 0.2) is 0 Å². The van der Waals surface area contributed by atoms with Crippen LogP contribution in [0.25, 0.3) is 0 Å². The lowest BCUT2D eigenvalue weighted by Gasteiger charge is -2.34. The molecule has 2 rings (SSSR count). The number of anilines is 1. The van der Waals surface area contributed by atoms with Crippen LogP contribution in [0.15, 0.2) is 24.3 Å². The zero-order valence-electron chi connectivity index (χ0n) is 11.9. The molecular formula is C15H22N2O3. The molecule has 1 unspecified atom stereocenters. The summed E-state index contributed by atoms with van der Waals surface area (Å²) in [6.45, 7) is 2.34. The number of aliphatic hydroxyl groups excluding tert-OH is 2. The maximum absolute atomic E-state index is 12.0. The summed E-state index contributed by atoms with van der Waals surface area (Å²) in [5.74, 6) is 0.393. The molecule has 5 heteroatoms. The van der Waals surface area contributed by atoms with Gasteiger partial charge in [0.05, 0.1) is 12.2 Å². The van der Waals surface area contributed by atoms with Crippen LogP contribution in [-0.4, -0.2) is 40.8 Å². The highest BCUT2D eigenvalue weighted by atomic mass is 16.3. The molecule has 1 fully saturated rings. The van der Waals surface area contributed by atoms with Gasteiger partial charge in [-0.1, -0.05) is 12.1 Å². The normalized spacial score (nSPS) is 22.8. The van der Waals surface area contributed by atoms with Gasteiger partial charge in [-0.2, -0.15) is 0 Å². The van der Waals surface area contributed by atoms with Crippen LogP contribution >= 0.6 is 0 Å². The Balaban J connectivity index is 1.88. The molecule has 0 heterocycles. The van der Waals surface area contributed by atoms with Crippen molar-refractivity contribution in [1.29, 1.82) is 0 Å². The lowest BCUT2D eigenvalue weighted by molar-refractivity contribution is 0.0332. The van der Waals surface area contributed by atoms with Crippen LogP contribution in [-0.2, 0) is 0 Å². The van der Waals surface area contributed by atoms with E-state index in [0.29, 0.717) is 18.2 Å². The number of carbonyl (C=O) groups is 1. The molecule has 1 aliphatic rings. The Bertz CT molecular complexity index is 470. The van der Waals surface area contributed by atoms with Gasteiger partial charge in [-0.25, -0.2) is 4.79 Å². The molecule has 5 nitrogen and oxygen atoms in total. The van der Waals surface area contributed by atoms with Crippen molar-refractivity contribution in [1.82, 2.24) is 4.90 Å². The van der Waals surface area contributed by atoms with E-state index in [0.717, 1.165) is 18.4 Å². The Morgan fingerprint density at radius 1 is 1.50 bits per heavy atom. The molecule has 110 valence electrons. The number of amides is 2. The van der Waals surface area contributed by atoms with Crippen molar-refractivity contribution in [3.63, 3.8) is 0 Å². The van der Waals surface area contributed by atoms with Gasteiger partial charge in [-0.05, 0) is 43.4 Å². The number of carbonyl (C=O) groups excluding carboxylic acids is 1. The van der Waals surface area contributed by atoms with E-state index in [1.54, 1.807) is 37.1 Å². The summed E-state index contributed by atoms with van der Waals surface area (Å²) < 4.78 is 0. The summed E-state index contributed by atoms with van der Waals surface area (Å²) in [6.07, 6.45) is 0.796. The van der Waals surface area contributed by atoms with Gasteiger partial charge in [-0.3, -0.25) is 0 Å². The summed E-state index contributed by atoms with van der Waals surface area (Å²) in [5, 5.41) is 21.6. The van der Waals surface area contributed by atoms with Gasteiger partial charge in [0.2, 0.25) is 0 Å². The maximum atomic E-state index is 12.0. The van der Waals surface area contributed by atoms with E-state index < -0.39 is 6.10 Å². The lowest BCUT2D eigenvalue weighted by atomic mass is 9.82. The van der Waals surface area contributed by atoms with Crippen LogP contribution in [0.3, 0.4) is 0 Å². The van der Waals surface area contributed by atoms with E-state index in [1.807, 2.05) is 6.07 Å². The van der Waals surface area contributed by atoms with E-state index in [4.69, 9.17) is 0 Å². The van der Waals surface area contributed by atoms with Crippen molar-refractivity contribution in [3.8, 4) is 0 Å². The first-order chi connectivity index (χ1) is 9.45. The SMILES string of the molecule is CC(O)c1cccc(NC(=O)N(C)CC2CC(O)C2)c1. The molecule has 0 saturated heterocycles. The molecule has 1 aromatic rings. The quantitative estimate of drug-likeness (QED) is 0.788. The molecule has 3 N–H and O–H groups in total. The predicted octanol–water partition coefficient (Wildman–Crippen LogP) is 1.97. The Morgan fingerprint density at radius 3 is 2.80 bits per heavy atom. The predicted molar refractivity (Wildman–Crippen MR) is 77.5 cm³/mol. The minimum Gasteiger partial charge on any atom is -0.393 e. The van der Waals surface area contributed by atoms with Crippen LogP contribution < -0.4 is 5.32 Å². The van der Waals surface area contributed by atoms with Crippen molar-refractivity contribution < 1.29 is 15.0 Å². The Labute approximate surface area is 119 Å². The van der Waals surface area contributed by atoms with Gasteiger partial charge >= 0.3 is 6.03 Å². The number of nitrogens with zero attached hydrogens (tertiary/aromatic N) is 1. The highest BCUT2D eigenvalue weighted by Crippen LogP contribution is 2.27. The first-order valence-electron chi connectivity index (χ1n) is 6.94. The molecule has 0 bridgehead atoms. The largest absolute Gasteiger partial charge is 0.393 e. The number of rotatable bonds is 4. The van der Waals surface area contributed by atoms with Gasteiger partial charge in [0.1, 0.15) is 0 Å². The first-order valence-corrected chi connectivity index (χ1v) is 6.94. The molecule has 0 spiro atoms. The summed E-state index contributed by atoms with van der Waals surface area (Å²) >= 11 is 0. The van der Waals surface area contributed by atoms with Crippen LogP contribution in [0.1, 0.15) is 31.4 Å². The van der Waals surface area contributed by atoms with Crippen LogP contribution in [0, 0.1) is 5.92 Å². The number of benzene rings is 1. The fourth-order valence-electron chi connectivity index (χ4n) is 2.41. The second-order valence-corrected chi connectivity index (χ2v) is 5.60. The Hall–Kier alpha value is -1.59. The van der Waals surface area contributed by atoms with E-state index >= 15 is 0 Å². The molecule has 1 saturated carbocycles. The third-order valence-corrected chi connectivity index (χ3v) is 3.71. The van der Waals surface area contributed by atoms with Crippen LogP contribution in [0.2, 0.25) is 0 Å². The molecule has 0 radical (unpaired) electrons. The van der Waals surface area contributed by atoms with Gasteiger partial charge in [-0.15, -0.1) is 0 Å². The number of urea groups is 1. The van der Waals surface area contributed by atoms with Crippen LogP contribution in [0.5, 0.6) is 0 Å². The molecule has 20 heavy (non-hydrogen) atoms. The average Bonchev–Trinajstić information content (AvgIpc) is 2.37. The van der Waals surface area contributed by atoms with E-state index in [2.05, 4.69) is 5.32 Å². The molecule has 0 aliphatic heterocycles. The van der Waals surface area contributed by atoms with Crippen molar-refractivity contribution in [3.05, 3.63) is 29.8 Å². The minimum atomic E-state index is -0.555. The van der Waals surface area contributed by atoms with E-state index in [-0.39, 0.29) is 12.1 Å². The second kappa shape index (κ2) is 6.24. The molecule has 2 amide bonds. The summed E-state index contributed by atoms with van der Waals surface area (Å²) in [4.78, 5) is 13.7. The zero-order valence-corrected chi connectivity index (χ0v) is 11.9. The highest BCUT2D eigenvalue weighted by molar-refractivity contribution is 5.89. The highest BCUT2D eigenvalue weighted by Gasteiger charge is 2.29. The van der Waals surface area contributed by atoms with Gasteiger partial charge < -0.3 is 20.4 Å².